The van der Waals surface area contributed by atoms with Crippen molar-refractivity contribution in [3.05, 3.63) is 23.2 Å². The van der Waals surface area contributed by atoms with Gasteiger partial charge >= 0.3 is 5.97 Å². The molecule has 0 saturated heterocycles. The molecule has 6 nitrogen and oxygen atoms in total. The first-order valence-corrected chi connectivity index (χ1v) is 8.22. The van der Waals surface area contributed by atoms with Crippen LogP contribution in [0.5, 0.6) is 5.75 Å². The minimum Gasteiger partial charge on any atom is -0.495 e. The molecule has 1 saturated carbocycles. The normalized spacial score (nSPS) is 15.2. The molecule has 0 unspecified atom stereocenters. The highest BCUT2D eigenvalue weighted by Gasteiger charge is 2.33. The number of rotatable bonds is 7. The molecule has 1 fully saturated rings. The Bertz CT molecular complexity index is 642. The number of methoxy groups -OCH3 is 1. The van der Waals surface area contributed by atoms with Crippen LogP contribution in [0.25, 0.3) is 0 Å². The quantitative estimate of drug-likeness (QED) is 0.823. The number of ether oxygens (including phenoxy) is 1. The topological polar surface area (TPSA) is 83.9 Å². The van der Waals surface area contributed by atoms with E-state index in [1.807, 2.05) is 0 Å². The fraction of sp³-hybridized carbons (Fsp3) is 0.462. The van der Waals surface area contributed by atoms with Crippen molar-refractivity contribution in [1.82, 2.24) is 4.31 Å². The minimum atomic E-state index is -3.89. The summed E-state index contributed by atoms with van der Waals surface area (Å²) in [5.74, 6) is -0.575. The van der Waals surface area contributed by atoms with Crippen LogP contribution in [0.3, 0.4) is 0 Å². The smallest absolute Gasteiger partial charge is 0.318 e. The summed E-state index contributed by atoms with van der Waals surface area (Å²) < 4.78 is 31.1. The zero-order valence-corrected chi connectivity index (χ0v) is 13.0. The molecule has 116 valence electrons. The maximum atomic E-state index is 12.5. The molecule has 1 aliphatic carbocycles. The number of halogens is 1. The van der Waals surface area contributed by atoms with Crippen LogP contribution in [0, 0.1) is 5.92 Å². The van der Waals surface area contributed by atoms with Gasteiger partial charge in [0.05, 0.1) is 17.0 Å². The van der Waals surface area contributed by atoms with Crippen LogP contribution in [-0.4, -0.2) is 44.0 Å². The van der Waals surface area contributed by atoms with E-state index in [-0.39, 0.29) is 22.4 Å². The van der Waals surface area contributed by atoms with Gasteiger partial charge in [0.15, 0.2) is 0 Å². The van der Waals surface area contributed by atoms with Gasteiger partial charge in [0.2, 0.25) is 10.0 Å². The number of carbonyl (C=O) groups is 1. The van der Waals surface area contributed by atoms with Crippen molar-refractivity contribution in [2.24, 2.45) is 5.92 Å². The summed E-state index contributed by atoms with van der Waals surface area (Å²) in [5.41, 5.74) is 0. The van der Waals surface area contributed by atoms with E-state index >= 15 is 0 Å². The fourth-order valence-corrected chi connectivity index (χ4v) is 3.76. The number of nitrogens with zero attached hydrogens (tertiary/aromatic N) is 1. The third-order valence-electron chi connectivity index (χ3n) is 3.23. The molecule has 0 bridgehead atoms. The highest BCUT2D eigenvalue weighted by atomic mass is 35.5. The zero-order chi connectivity index (χ0) is 15.6. The predicted octanol–water partition coefficient (Wildman–Crippen LogP) is 1.83. The van der Waals surface area contributed by atoms with Crippen LogP contribution in [0.4, 0.5) is 0 Å². The van der Waals surface area contributed by atoms with E-state index in [0.29, 0.717) is 5.75 Å². The van der Waals surface area contributed by atoms with Crippen LogP contribution in [0.2, 0.25) is 5.02 Å². The van der Waals surface area contributed by atoms with Gasteiger partial charge in [0, 0.05) is 6.54 Å². The van der Waals surface area contributed by atoms with Crippen molar-refractivity contribution in [3.8, 4) is 5.75 Å². The number of benzene rings is 1. The van der Waals surface area contributed by atoms with Gasteiger partial charge in [-0.15, -0.1) is 0 Å². The van der Waals surface area contributed by atoms with Crippen molar-refractivity contribution in [1.29, 1.82) is 0 Å². The molecule has 0 atom stereocenters. The van der Waals surface area contributed by atoms with Crippen LogP contribution < -0.4 is 4.74 Å². The maximum absolute atomic E-state index is 12.5. The summed E-state index contributed by atoms with van der Waals surface area (Å²) in [7, 11) is -2.46. The van der Waals surface area contributed by atoms with E-state index in [1.54, 1.807) is 0 Å². The third-order valence-corrected chi connectivity index (χ3v) is 5.33. The van der Waals surface area contributed by atoms with E-state index in [1.165, 1.54) is 25.3 Å². The molecule has 1 aliphatic rings. The Morgan fingerprint density at radius 3 is 2.62 bits per heavy atom. The molecule has 0 heterocycles. The highest BCUT2D eigenvalue weighted by Crippen LogP contribution is 2.33. The minimum absolute atomic E-state index is 0.0322. The first kappa shape index (κ1) is 16.1. The number of hydrogen-bond donors (Lipinski definition) is 1. The molecule has 1 N–H and O–H groups in total. The molecular formula is C13H16ClNO5S. The van der Waals surface area contributed by atoms with E-state index in [9.17, 15) is 13.2 Å². The lowest BCUT2D eigenvalue weighted by atomic mass is 10.3. The molecule has 1 aromatic rings. The number of sulfonamides is 1. The van der Waals surface area contributed by atoms with Crippen LogP contribution in [0.15, 0.2) is 23.1 Å². The molecule has 0 amide bonds. The van der Waals surface area contributed by atoms with Crippen molar-refractivity contribution in [2.45, 2.75) is 17.7 Å². The predicted molar refractivity (Wildman–Crippen MR) is 77.1 cm³/mol. The summed E-state index contributed by atoms with van der Waals surface area (Å²) in [6, 6.07) is 4.09. The Kier molecular flexibility index (Phi) is 4.75. The van der Waals surface area contributed by atoms with Gasteiger partial charge in [0.1, 0.15) is 12.3 Å². The molecule has 0 aliphatic heterocycles. The van der Waals surface area contributed by atoms with Gasteiger partial charge in [-0.3, -0.25) is 4.79 Å². The molecule has 2 rings (SSSR count). The summed E-state index contributed by atoms with van der Waals surface area (Å²) in [4.78, 5) is 10.9. The standard InChI is InChI=1S/C13H16ClNO5S/c1-20-12-5-4-10(6-11(12)14)21(18,19)15(8-13(16)17)7-9-2-3-9/h4-6,9H,2-3,7-8H2,1H3,(H,16,17). The van der Waals surface area contributed by atoms with Crippen LogP contribution >= 0.6 is 11.6 Å². The van der Waals surface area contributed by atoms with Crippen LogP contribution in [0.1, 0.15) is 12.8 Å². The molecular weight excluding hydrogens is 318 g/mol. The van der Waals surface area contributed by atoms with E-state index < -0.39 is 22.5 Å². The SMILES string of the molecule is COc1ccc(S(=O)(=O)N(CC(=O)O)CC2CC2)cc1Cl. The molecule has 0 aromatic heterocycles. The van der Waals surface area contributed by atoms with Crippen molar-refractivity contribution < 1.29 is 23.1 Å². The maximum Gasteiger partial charge on any atom is 0.318 e. The van der Waals surface area contributed by atoms with Crippen molar-refractivity contribution in [2.75, 3.05) is 20.2 Å². The Balaban J connectivity index is 2.31. The fourth-order valence-electron chi connectivity index (χ4n) is 1.94. The Morgan fingerprint density at radius 2 is 2.14 bits per heavy atom. The molecule has 21 heavy (non-hydrogen) atoms. The van der Waals surface area contributed by atoms with Crippen LogP contribution in [-0.2, 0) is 14.8 Å². The van der Waals surface area contributed by atoms with Gasteiger partial charge in [-0.05, 0) is 37.0 Å². The van der Waals surface area contributed by atoms with Gasteiger partial charge in [-0.2, -0.15) is 4.31 Å². The monoisotopic (exact) mass is 333 g/mol. The lowest BCUT2D eigenvalue weighted by Gasteiger charge is -2.20. The Hall–Kier alpha value is -1.31. The first-order valence-electron chi connectivity index (χ1n) is 6.40. The highest BCUT2D eigenvalue weighted by molar-refractivity contribution is 7.89. The average molecular weight is 334 g/mol. The number of aliphatic carboxylic acids is 1. The lowest BCUT2D eigenvalue weighted by molar-refractivity contribution is -0.137. The molecule has 8 heteroatoms. The van der Waals surface area contributed by atoms with E-state index in [4.69, 9.17) is 21.4 Å². The first-order chi connectivity index (χ1) is 9.84. The summed E-state index contributed by atoms with van der Waals surface area (Å²) in [6.45, 7) is -0.333. The third kappa shape index (κ3) is 3.87. The van der Waals surface area contributed by atoms with Crippen molar-refractivity contribution in [3.63, 3.8) is 0 Å². The number of carboxylic acid groups (broad SMARTS) is 1. The zero-order valence-electron chi connectivity index (χ0n) is 11.5. The lowest BCUT2D eigenvalue weighted by Crippen LogP contribution is -2.37. The second-order valence-electron chi connectivity index (χ2n) is 4.93. The molecule has 1 aromatic carbocycles. The summed E-state index contributed by atoms with van der Waals surface area (Å²) in [5, 5.41) is 9.08. The second kappa shape index (κ2) is 6.21. The largest absolute Gasteiger partial charge is 0.495 e. The summed E-state index contributed by atoms with van der Waals surface area (Å²) in [6.07, 6.45) is 1.85. The van der Waals surface area contributed by atoms with Gasteiger partial charge < -0.3 is 9.84 Å². The van der Waals surface area contributed by atoms with E-state index in [2.05, 4.69) is 0 Å². The van der Waals surface area contributed by atoms with E-state index in [0.717, 1.165) is 17.1 Å². The van der Waals surface area contributed by atoms with Gasteiger partial charge in [-0.25, -0.2) is 8.42 Å². The van der Waals surface area contributed by atoms with Crippen molar-refractivity contribution >= 4 is 27.6 Å². The molecule has 0 radical (unpaired) electrons. The number of hydrogen-bond acceptors (Lipinski definition) is 4. The summed E-state index contributed by atoms with van der Waals surface area (Å²) >= 11 is 5.94. The average Bonchev–Trinajstić information content (AvgIpc) is 3.21. The van der Waals surface area contributed by atoms with Gasteiger partial charge in [-0.1, -0.05) is 11.6 Å². The Labute approximate surface area is 128 Å². The second-order valence-corrected chi connectivity index (χ2v) is 7.28. The molecule has 0 spiro atoms. The van der Waals surface area contributed by atoms with Gasteiger partial charge in [0.25, 0.3) is 0 Å². The number of carboxylic acids is 1. The Morgan fingerprint density at radius 1 is 1.48 bits per heavy atom.